The molecule has 0 aliphatic carbocycles. The maximum atomic E-state index is 3.80. The number of nitrogens with one attached hydrogen (secondary N) is 2. The van der Waals surface area contributed by atoms with E-state index in [4.69, 9.17) is 0 Å². The van der Waals surface area contributed by atoms with Crippen molar-refractivity contribution in [1.82, 2.24) is 10.6 Å². The van der Waals surface area contributed by atoms with Crippen molar-refractivity contribution < 1.29 is 0 Å². The first-order valence-corrected chi connectivity index (χ1v) is 6.34. The summed E-state index contributed by atoms with van der Waals surface area (Å²) in [6.45, 7) is 9.43. The second-order valence-corrected chi connectivity index (χ2v) is 4.83. The summed E-state index contributed by atoms with van der Waals surface area (Å²) in [5, 5.41) is 7.18. The van der Waals surface area contributed by atoms with Gasteiger partial charge in [-0.2, -0.15) is 0 Å². The molecule has 0 radical (unpaired) electrons. The average Bonchev–Trinajstić information content (AvgIpc) is 2.46. The standard InChI is InChI=1S/C13H26N2/c1-4-11(2)15-12(3)10-13-8-6-5-7-9-14-13/h4,11-15H,1,5-10H2,2-3H3. The van der Waals surface area contributed by atoms with Gasteiger partial charge in [-0.1, -0.05) is 18.9 Å². The molecule has 2 heteroatoms. The zero-order valence-corrected chi connectivity index (χ0v) is 10.3. The fraction of sp³-hybridized carbons (Fsp3) is 0.846. The zero-order valence-electron chi connectivity index (χ0n) is 10.3. The molecule has 0 aromatic carbocycles. The Labute approximate surface area is 94.5 Å². The lowest BCUT2D eigenvalue weighted by molar-refractivity contribution is 0.393. The van der Waals surface area contributed by atoms with E-state index in [-0.39, 0.29) is 0 Å². The molecular weight excluding hydrogens is 184 g/mol. The fourth-order valence-electron chi connectivity index (χ4n) is 2.31. The van der Waals surface area contributed by atoms with Crippen LogP contribution in [0.3, 0.4) is 0 Å². The monoisotopic (exact) mass is 210 g/mol. The summed E-state index contributed by atoms with van der Waals surface area (Å²) in [5.74, 6) is 0. The van der Waals surface area contributed by atoms with Crippen LogP contribution in [0.1, 0.15) is 46.0 Å². The first kappa shape index (κ1) is 12.7. The molecule has 2 nitrogen and oxygen atoms in total. The number of hydrogen-bond acceptors (Lipinski definition) is 2. The van der Waals surface area contributed by atoms with Crippen molar-refractivity contribution in [3.8, 4) is 0 Å². The first-order valence-electron chi connectivity index (χ1n) is 6.34. The van der Waals surface area contributed by atoms with Gasteiger partial charge in [-0.05, 0) is 39.7 Å². The van der Waals surface area contributed by atoms with Crippen molar-refractivity contribution in [3.05, 3.63) is 12.7 Å². The highest BCUT2D eigenvalue weighted by Gasteiger charge is 2.15. The Morgan fingerprint density at radius 2 is 2.20 bits per heavy atom. The van der Waals surface area contributed by atoms with Gasteiger partial charge >= 0.3 is 0 Å². The minimum Gasteiger partial charge on any atom is -0.314 e. The fourth-order valence-corrected chi connectivity index (χ4v) is 2.31. The van der Waals surface area contributed by atoms with Crippen LogP contribution in [0.2, 0.25) is 0 Å². The Hall–Kier alpha value is -0.340. The maximum absolute atomic E-state index is 3.80. The highest BCUT2D eigenvalue weighted by molar-refractivity contribution is 4.85. The summed E-state index contributed by atoms with van der Waals surface area (Å²) >= 11 is 0. The molecular formula is C13H26N2. The van der Waals surface area contributed by atoms with E-state index in [0.29, 0.717) is 18.1 Å². The van der Waals surface area contributed by atoms with Crippen LogP contribution in [0.5, 0.6) is 0 Å². The molecule has 1 rings (SSSR count). The highest BCUT2D eigenvalue weighted by atomic mass is 15.0. The van der Waals surface area contributed by atoms with Gasteiger partial charge in [0.25, 0.3) is 0 Å². The summed E-state index contributed by atoms with van der Waals surface area (Å²) in [6.07, 6.45) is 8.68. The smallest absolute Gasteiger partial charge is 0.0221 e. The van der Waals surface area contributed by atoms with Crippen molar-refractivity contribution in [3.63, 3.8) is 0 Å². The van der Waals surface area contributed by atoms with Gasteiger partial charge < -0.3 is 10.6 Å². The van der Waals surface area contributed by atoms with E-state index in [1.165, 1.54) is 38.6 Å². The maximum Gasteiger partial charge on any atom is 0.0221 e. The molecule has 0 aromatic heterocycles. The van der Waals surface area contributed by atoms with Crippen molar-refractivity contribution in [2.75, 3.05) is 6.54 Å². The summed E-state index contributed by atoms with van der Waals surface area (Å²) in [4.78, 5) is 0. The average molecular weight is 210 g/mol. The number of hydrogen-bond donors (Lipinski definition) is 2. The second kappa shape index (κ2) is 7.02. The molecule has 1 aliphatic rings. The van der Waals surface area contributed by atoms with Crippen LogP contribution in [0.4, 0.5) is 0 Å². The van der Waals surface area contributed by atoms with Crippen molar-refractivity contribution >= 4 is 0 Å². The zero-order chi connectivity index (χ0) is 11.1. The molecule has 0 saturated carbocycles. The minimum atomic E-state index is 0.422. The van der Waals surface area contributed by atoms with Gasteiger partial charge in [0.15, 0.2) is 0 Å². The minimum absolute atomic E-state index is 0.422. The predicted molar refractivity (Wildman–Crippen MR) is 67.1 cm³/mol. The summed E-state index contributed by atoms with van der Waals surface area (Å²) < 4.78 is 0. The highest BCUT2D eigenvalue weighted by Crippen LogP contribution is 2.12. The topological polar surface area (TPSA) is 24.1 Å². The van der Waals surface area contributed by atoms with Crippen molar-refractivity contribution in [2.24, 2.45) is 0 Å². The third-order valence-electron chi connectivity index (χ3n) is 3.20. The second-order valence-electron chi connectivity index (χ2n) is 4.83. The molecule has 1 heterocycles. The van der Waals surface area contributed by atoms with E-state index in [2.05, 4.69) is 31.1 Å². The molecule has 2 N–H and O–H groups in total. The quantitative estimate of drug-likeness (QED) is 0.681. The molecule has 3 atom stereocenters. The molecule has 0 spiro atoms. The van der Waals surface area contributed by atoms with E-state index < -0.39 is 0 Å². The van der Waals surface area contributed by atoms with Gasteiger partial charge in [-0.15, -0.1) is 6.58 Å². The number of rotatable bonds is 5. The van der Waals surface area contributed by atoms with E-state index >= 15 is 0 Å². The van der Waals surface area contributed by atoms with Gasteiger partial charge in [0, 0.05) is 18.1 Å². The van der Waals surface area contributed by atoms with Gasteiger partial charge in [-0.25, -0.2) is 0 Å². The van der Waals surface area contributed by atoms with Gasteiger partial charge in [0.05, 0.1) is 0 Å². The van der Waals surface area contributed by atoms with Crippen LogP contribution in [0.15, 0.2) is 12.7 Å². The molecule has 1 aliphatic heterocycles. The van der Waals surface area contributed by atoms with E-state index in [0.717, 1.165) is 0 Å². The lowest BCUT2D eigenvalue weighted by Crippen LogP contribution is -2.39. The summed E-state index contributed by atoms with van der Waals surface area (Å²) in [7, 11) is 0. The Morgan fingerprint density at radius 1 is 1.40 bits per heavy atom. The molecule has 1 fully saturated rings. The largest absolute Gasteiger partial charge is 0.314 e. The predicted octanol–water partition coefficient (Wildman–Crippen LogP) is 2.46. The lowest BCUT2D eigenvalue weighted by atomic mass is 10.0. The molecule has 88 valence electrons. The van der Waals surface area contributed by atoms with Gasteiger partial charge in [-0.3, -0.25) is 0 Å². The summed E-state index contributed by atoms with van der Waals surface area (Å²) in [5.41, 5.74) is 0. The third-order valence-corrected chi connectivity index (χ3v) is 3.20. The SMILES string of the molecule is C=CC(C)NC(C)CC1CCCCCN1. The summed E-state index contributed by atoms with van der Waals surface area (Å²) in [6, 6.07) is 1.71. The molecule has 1 saturated heterocycles. The van der Waals surface area contributed by atoms with Crippen LogP contribution < -0.4 is 10.6 Å². The Kier molecular flexibility index (Phi) is 5.96. The molecule has 0 aromatic rings. The first-order chi connectivity index (χ1) is 7.22. The lowest BCUT2D eigenvalue weighted by Gasteiger charge is -2.23. The van der Waals surface area contributed by atoms with Crippen LogP contribution >= 0.6 is 0 Å². The van der Waals surface area contributed by atoms with Crippen LogP contribution in [-0.2, 0) is 0 Å². The Balaban J connectivity index is 2.22. The normalized spacial score (nSPS) is 26.7. The molecule has 0 bridgehead atoms. The Morgan fingerprint density at radius 3 is 2.93 bits per heavy atom. The Bertz CT molecular complexity index is 171. The van der Waals surface area contributed by atoms with Crippen molar-refractivity contribution in [1.29, 1.82) is 0 Å². The van der Waals surface area contributed by atoms with Crippen LogP contribution in [-0.4, -0.2) is 24.7 Å². The van der Waals surface area contributed by atoms with Gasteiger partial charge in [0.1, 0.15) is 0 Å². The molecule has 3 unspecified atom stereocenters. The molecule has 0 amide bonds. The van der Waals surface area contributed by atoms with E-state index in [9.17, 15) is 0 Å². The third kappa shape index (κ3) is 5.33. The van der Waals surface area contributed by atoms with E-state index in [1.54, 1.807) is 0 Å². The van der Waals surface area contributed by atoms with Crippen LogP contribution in [0, 0.1) is 0 Å². The van der Waals surface area contributed by atoms with Crippen molar-refractivity contribution in [2.45, 2.75) is 64.1 Å². The van der Waals surface area contributed by atoms with Crippen LogP contribution in [0.25, 0.3) is 0 Å². The van der Waals surface area contributed by atoms with Gasteiger partial charge in [0.2, 0.25) is 0 Å². The molecule has 15 heavy (non-hydrogen) atoms. The van der Waals surface area contributed by atoms with E-state index in [1.807, 2.05) is 6.08 Å².